The number of esters is 1. The van der Waals surface area contributed by atoms with Crippen molar-refractivity contribution in [3.8, 4) is 11.5 Å². The fourth-order valence-corrected chi connectivity index (χ4v) is 5.64. The number of ether oxygens (including phenoxy) is 2. The number of amides is 3. The smallest absolute Gasteiger partial charge is 0.338 e. The monoisotopic (exact) mass is 546 g/mol. The minimum atomic E-state index is -0.698. The van der Waals surface area contributed by atoms with Crippen LogP contribution >= 0.6 is 0 Å². The van der Waals surface area contributed by atoms with Crippen molar-refractivity contribution < 1.29 is 23.9 Å². The molecule has 40 heavy (non-hydrogen) atoms. The van der Waals surface area contributed by atoms with Gasteiger partial charge < -0.3 is 19.7 Å². The zero-order valence-electron chi connectivity index (χ0n) is 23.5. The first-order chi connectivity index (χ1) is 19.4. The van der Waals surface area contributed by atoms with Crippen LogP contribution in [-0.2, 0) is 14.3 Å². The van der Waals surface area contributed by atoms with Crippen molar-refractivity contribution >= 4 is 17.9 Å². The summed E-state index contributed by atoms with van der Waals surface area (Å²) < 4.78 is 11.5. The summed E-state index contributed by atoms with van der Waals surface area (Å²) in [6.07, 6.45) is 3.10. The Kier molecular flexibility index (Phi) is 8.40. The van der Waals surface area contributed by atoms with Crippen molar-refractivity contribution in [2.24, 2.45) is 5.92 Å². The Bertz CT molecular complexity index is 1280. The summed E-state index contributed by atoms with van der Waals surface area (Å²) in [5, 5.41) is 2.99. The minimum absolute atomic E-state index is 0.0545. The molecule has 0 bridgehead atoms. The number of benzene rings is 2. The van der Waals surface area contributed by atoms with Crippen molar-refractivity contribution in [1.29, 1.82) is 0 Å². The molecule has 1 aliphatic carbocycles. The van der Waals surface area contributed by atoms with Crippen LogP contribution in [0.2, 0.25) is 0 Å². The van der Waals surface area contributed by atoms with E-state index in [0.29, 0.717) is 48.9 Å². The highest BCUT2D eigenvalue weighted by atomic mass is 16.5. The van der Waals surface area contributed by atoms with E-state index in [0.717, 1.165) is 24.8 Å². The van der Waals surface area contributed by atoms with E-state index in [1.54, 1.807) is 14.0 Å². The molecular formula is C31H38N4O5. The molecule has 1 saturated carbocycles. The van der Waals surface area contributed by atoms with Crippen LogP contribution in [0, 0.1) is 5.92 Å². The summed E-state index contributed by atoms with van der Waals surface area (Å²) in [6.45, 7) is 6.42. The van der Waals surface area contributed by atoms with E-state index in [-0.39, 0.29) is 30.5 Å². The van der Waals surface area contributed by atoms with Gasteiger partial charge in [0.15, 0.2) is 0 Å². The molecule has 9 nitrogen and oxygen atoms in total. The van der Waals surface area contributed by atoms with Crippen LogP contribution in [0.5, 0.6) is 11.5 Å². The lowest BCUT2D eigenvalue weighted by molar-refractivity contribution is -0.142. The molecule has 5 rings (SSSR count). The first-order valence-corrected chi connectivity index (χ1v) is 14.2. The quantitative estimate of drug-likeness (QED) is 0.496. The normalized spacial score (nSPS) is 22.0. The molecule has 9 heteroatoms. The third kappa shape index (κ3) is 5.84. The summed E-state index contributed by atoms with van der Waals surface area (Å²) in [6, 6.07) is 15.9. The van der Waals surface area contributed by atoms with Crippen LogP contribution in [0.1, 0.15) is 44.7 Å². The fourth-order valence-electron chi connectivity index (χ4n) is 5.64. The lowest BCUT2D eigenvalue weighted by Gasteiger charge is -2.44. The van der Waals surface area contributed by atoms with Crippen LogP contribution in [0.15, 0.2) is 65.9 Å². The van der Waals surface area contributed by atoms with Gasteiger partial charge in [0.25, 0.3) is 0 Å². The van der Waals surface area contributed by atoms with E-state index in [1.165, 1.54) is 4.90 Å². The van der Waals surface area contributed by atoms with Gasteiger partial charge in [-0.25, -0.2) is 9.59 Å². The second-order valence-electron chi connectivity index (χ2n) is 10.8. The van der Waals surface area contributed by atoms with Gasteiger partial charge in [-0.2, -0.15) is 0 Å². The zero-order chi connectivity index (χ0) is 28.2. The van der Waals surface area contributed by atoms with Gasteiger partial charge in [-0.15, -0.1) is 0 Å². The molecule has 212 valence electrons. The number of rotatable bonds is 8. The van der Waals surface area contributed by atoms with Gasteiger partial charge in [0, 0.05) is 50.9 Å². The average molecular weight is 547 g/mol. The highest BCUT2D eigenvalue weighted by molar-refractivity contribution is 5.95. The number of piperazine rings is 1. The number of likely N-dealkylation sites (N-methyl/N-ethyl adjacent to an activating group) is 1. The number of para-hydroxylation sites is 1. The third-order valence-electron chi connectivity index (χ3n) is 8.07. The van der Waals surface area contributed by atoms with Gasteiger partial charge in [-0.05, 0) is 56.5 Å². The van der Waals surface area contributed by atoms with Crippen LogP contribution < -0.4 is 10.1 Å². The summed E-state index contributed by atoms with van der Waals surface area (Å²) in [5.74, 6) is 1.26. The van der Waals surface area contributed by atoms with E-state index in [2.05, 4.69) is 17.1 Å². The molecule has 2 aliphatic heterocycles. The van der Waals surface area contributed by atoms with E-state index in [9.17, 15) is 14.4 Å². The maximum Gasteiger partial charge on any atom is 0.338 e. The molecule has 0 unspecified atom stereocenters. The van der Waals surface area contributed by atoms with Crippen molar-refractivity contribution in [2.75, 3.05) is 39.8 Å². The number of nitrogens with one attached hydrogen (secondary N) is 1. The van der Waals surface area contributed by atoms with Gasteiger partial charge >= 0.3 is 12.0 Å². The van der Waals surface area contributed by atoms with Crippen LogP contribution in [0.4, 0.5) is 4.79 Å². The number of hydrogen-bond donors (Lipinski definition) is 1. The fraction of sp³-hybridized carbons (Fsp3) is 0.452. The van der Waals surface area contributed by atoms with Crippen molar-refractivity contribution in [1.82, 2.24) is 20.0 Å². The maximum absolute atomic E-state index is 13.4. The number of carbonyl (C=O) groups excluding carboxylic acids is 3. The molecule has 2 aromatic carbocycles. The molecule has 2 heterocycles. The standard InChI is InChI=1S/C31H38N4O5/c1-4-39-30(37)27-26(20-34-16-17-35(21(2)19-34)29(36)22-10-8-11-22)33(3)31(38)32-28(27)23-12-9-15-25(18-23)40-24-13-6-5-7-14-24/h5-7,9,12-15,18,21-22,28H,4,8,10-11,16-17,19-20H2,1-3H3,(H,32,38)/t21-,28+/m1/s1. The highest BCUT2D eigenvalue weighted by Gasteiger charge is 2.39. The molecule has 2 aromatic rings. The molecule has 1 N–H and O–H groups in total. The van der Waals surface area contributed by atoms with E-state index in [1.807, 2.05) is 59.5 Å². The summed E-state index contributed by atoms with van der Waals surface area (Å²) in [4.78, 5) is 45.2. The SMILES string of the molecule is CCOC(=O)C1=C(CN2CCN(C(=O)C3CCC3)[C@H](C)C2)N(C)C(=O)N[C@H]1c1cccc(Oc2ccccc2)c1. The van der Waals surface area contributed by atoms with E-state index >= 15 is 0 Å². The average Bonchev–Trinajstić information content (AvgIpc) is 2.91. The molecular weight excluding hydrogens is 508 g/mol. The van der Waals surface area contributed by atoms with Gasteiger partial charge in [0.2, 0.25) is 5.91 Å². The summed E-state index contributed by atoms with van der Waals surface area (Å²) in [7, 11) is 1.68. The Morgan fingerprint density at radius 2 is 1.77 bits per heavy atom. The molecule has 2 fully saturated rings. The summed E-state index contributed by atoms with van der Waals surface area (Å²) >= 11 is 0. The Morgan fingerprint density at radius 3 is 2.45 bits per heavy atom. The molecule has 3 amide bonds. The van der Waals surface area contributed by atoms with Gasteiger partial charge in [-0.1, -0.05) is 36.8 Å². The van der Waals surface area contributed by atoms with E-state index in [4.69, 9.17) is 9.47 Å². The third-order valence-corrected chi connectivity index (χ3v) is 8.07. The number of urea groups is 1. The van der Waals surface area contributed by atoms with Crippen LogP contribution in [-0.4, -0.2) is 78.5 Å². The second-order valence-corrected chi connectivity index (χ2v) is 10.8. The van der Waals surface area contributed by atoms with Crippen LogP contribution in [0.3, 0.4) is 0 Å². The van der Waals surface area contributed by atoms with Crippen LogP contribution in [0.25, 0.3) is 0 Å². The molecule has 0 radical (unpaired) electrons. The first-order valence-electron chi connectivity index (χ1n) is 14.2. The Labute approximate surface area is 235 Å². The predicted octanol–water partition coefficient (Wildman–Crippen LogP) is 4.33. The van der Waals surface area contributed by atoms with Crippen molar-refractivity contribution in [2.45, 2.75) is 45.2 Å². The maximum atomic E-state index is 13.4. The molecule has 0 spiro atoms. The molecule has 2 atom stereocenters. The van der Waals surface area contributed by atoms with Gasteiger partial charge in [0.05, 0.1) is 18.2 Å². The summed E-state index contributed by atoms with van der Waals surface area (Å²) in [5.41, 5.74) is 1.73. The predicted molar refractivity (Wildman–Crippen MR) is 151 cm³/mol. The minimum Gasteiger partial charge on any atom is -0.463 e. The lowest BCUT2D eigenvalue weighted by atomic mass is 9.84. The van der Waals surface area contributed by atoms with Gasteiger partial charge in [0.1, 0.15) is 11.5 Å². The number of carbonyl (C=O) groups is 3. The highest BCUT2D eigenvalue weighted by Crippen LogP contribution is 2.34. The second kappa shape index (κ2) is 12.1. The molecule has 1 saturated heterocycles. The lowest BCUT2D eigenvalue weighted by Crippen LogP contribution is -2.57. The Hall–Kier alpha value is -3.85. The van der Waals surface area contributed by atoms with Crippen molar-refractivity contribution in [3.05, 3.63) is 71.4 Å². The van der Waals surface area contributed by atoms with Gasteiger partial charge in [-0.3, -0.25) is 14.6 Å². The zero-order valence-corrected chi connectivity index (χ0v) is 23.5. The molecule has 0 aromatic heterocycles. The van der Waals surface area contributed by atoms with Crippen molar-refractivity contribution in [3.63, 3.8) is 0 Å². The topological polar surface area (TPSA) is 91.4 Å². The number of nitrogens with zero attached hydrogens (tertiary/aromatic N) is 3. The van der Waals surface area contributed by atoms with E-state index < -0.39 is 12.0 Å². The Balaban J connectivity index is 1.42. The molecule has 3 aliphatic rings. The largest absolute Gasteiger partial charge is 0.463 e. The Morgan fingerprint density at radius 1 is 1.02 bits per heavy atom. The number of hydrogen-bond acceptors (Lipinski definition) is 6. The first kappa shape index (κ1) is 27.7.